The maximum atomic E-state index is 11.9. The molecule has 5 aliphatic rings. The molecule has 2 fully saturated rings. The second-order valence-corrected chi connectivity index (χ2v) is 8.99. The maximum absolute atomic E-state index is 11.9. The van der Waals surface area contributed by atoms with Crippen molar-refractivity contribution in [3.63, 3.8) is 0 Å². The molecule has 1 spiro atoms. The van der Waals surface area contributed by atoms with Gasteiger partial charge < -0.3 is 4.74 Å². The second kappa shape index (κ2) is 5.31. The van der Waals surface area contributed by atoms with E-state index in [0.29, 0.717) is 17.6 Å². The zero-order valence-electron chi connectivity index (χ0n) is 15.2. The summed E-state index contributed by atoms with van der Waals surface area (Å²) in [6, 6.07) is 0. The van der Waals surface area contributed by atoms with Gasteiger partial charge in [0, 0.05) is 24.3 Å². The SMILES string of the molecule is CC[C@]12CCC3C4=C(CCC3C1CC[C@@]21C=CC(=O)O1)CC(=O)CC4. The summed E-state index contributed by atoms with van der Waals surface area (Å²) in [7, 11) is 0. The van der Waals surface area contributed by atoms with Gasteiger partial charge >= 0.3 is 5.97 Å². The summed E-state index contributed by atoms with van der Waals surface area (Å²) in [5.41, 5.74) is 2.95. The van der Waals surface area contributed by atoms with Crippen LogP contribution in [0.4, 0.5) is 0 Å². The monoisotopic (exact) mass is 340 g/mol. The highest BCUT2D eigenvalue weighted by molar-refractivity contribution is 5.85. The minimum absolute atomic E-state index is 0.138. The molecule has 0 aromatic rings. The molecule has 1 heterocycles. The van der Waals surface area contributed by atoms with E-state index in [0.717, 1.165) is 50.9 Å². The maximum Gasteiger partial charge on any atom is 0.331 e. The third-order valence-electron chi connectivity index (χ3n) is 8.48. The molecule has 0 aromatic heterocycles. The normalized spacial score (nSPS) is 45.4. The lowest BCUT2D eigenvalue weighted by Crippen LogP contribution is -2.52. The van der Waals surface area contributed by atoms with E-state index in [2.05, 4.69) is 13.0 Å². The molecule has 0 aromatic carbocycles. The molecule has 5 rings (SSSR count). The molecule has 0 amide bonds. The van der Waals surface area contributed by atoms with Crippen molar-refractivity contribution in [1.82, 2.24) is 0 Å². The van der Waals surface area contributed by atoms with Gasteiger partial charge in [-0.05, 0) is 75.2 Å². The zero-order valence-corrected chi connectivity index (χ0v) is 15.2. The molecule has 3 heteroatoms. The summed E-state index contributed by atoms with van der Waals surface area (Å²) >= 11 is 0. The first-order valence-corrected chi connectivity index (χ1v) is 10.2. The van der Waals surface area contributed by atoms with Gasteiger partial charge in [-0.1, -0.05) is 18.1 Å². The average molecular weight is 340 g/mol. The molecule has 134 valence electrons. The molecule has 0 N–H and O–H groups in total. The standard InChI is InChI=1S/C22H28O3/c1-2-21-10-7-17-16-6-4-15(23)13-14(16)3-5-18(17)19(21)8-11-22(21)12-9-20(24)25-22/h9,12,17-19H,2-8,10-11,13H2,1H3/t17?,18?,19?,21-,22+/m0/s1. The number of carbonyl (C=O) groups excluding carboxylic acids is 2. The highest BCUT2D eigenvalue weighted by Crippen LogP contribution is 2.67. The summed E-state index contributed by atoms with van der Waals surface area (Å²) in [6.45, 7) is 2.30. The molecule has 1 aliphatic heterocycles. The number of rotatable bonds is 1. The van der Waals surface area contributed by atoms with Gasteiger partial charge in [-0.15, -0.1) is 0 Å². The molecule has 0 radical (unpaired) electrons. The van der Waals surface area contributed by atoms with E-state index in [9.17, 15) is 9.59 Å². The number of allylic oxidation sites excluding steroid dienone is 2. The Hall–Kier alpha value is -1.38. The molecular weight excluding hydrogens is 312 g/mol. The topological polar surface area (TPSA) is 43.4 Å². The highest BCUT2D eigenvalue weighted by Gasteiger charge is 2.65. The largest absolute Gasteiger partial charge is 0.451 e. The Morgan fingerprint density at radius 3 is 2.76 bits per heavy atom. The molecule has 25 heavy (non-hydrogen) atoms. The van der Waals surface area contributed by atoms with Crippen molar-refractivity contribution >= 4 is 11.8 Å². The van der Waals surface area contributed by atoms with Crippen LogP contribution in [0.5, 0.6) is 0 Å². The van der Waals surface area contributed by atoms with Gasteiger partial charge in [0.05, 0.1) is 0 Å². The van der Waals surface area contributed by atoms with Crippen molar-refractivity contribution in [3.8, 4) is 0 Å². The van der Waals surface area contributed by atoms with E-state index in [-0.39, 0.29) is 17.0 Å². The van der Waals surface area contributed by atoms with Crippen molar-refractivity contribution in [3.05, 3.63) is 23.3 Å². The third-order valence-corrected chi connectivity index (χ3v) is 8.48. The summed E-state index contributed by atoms with van der Waals surface area (Å²) in [4.78, 5) is 23.8. The Bertz CT molecular complexity index is 702. The van der Waals surface area contributed by atoms with Crippen LogP contribution in [0.15, 0.2) is 23.3 Å². The van der Waals surface area contributed by atoms with E-state index in [1.54, 1.807) is 11.6 Å². The first-order valence-electron chi connectivity index (χ1n) is 10.2. The predicted octanol–water partition coefficient (Wildman–Crippen LogP) is 4.51. The van der Waals surface area contributed by atoms with Crippen LogP contribution in [0.3, 0.4) is 0 Å². The van der Waals surface area contributed by atoms with Gasteiger partial charge in [0.25, 0.3) is 0 Å². The molecule has 2 saturated carbocycles. The quantitative estimate of drug-likeness (QED) is 0.521. The summed E-state index contributed by atoms with van der Waals surface area (Å²) < 4.78 is 5.97. The highest BCUT2D eigenvalue weighted by atomic mass is 16.6. The van der Waals surface area contributed by atoms with E-state index in [1.165, 1.54) is 24.8 Å². The van der Waals surface area contributed by atoms with Gasteiger partial charge in [0.1, 0.15) is 11.4 Å². The van der Waals surface area contributed by atoms with Crippen LogP contribution >= 0.6 is 0 Å². The fraction of sp³-hybridized carbons (Fsp3) is 0.727. The van der Waals surface area contributed by atoms with E-state index < -0.39 is 0 Å². The second-order valence-electron chi connectivity index (χ2n) is 8.99. The summed E-state index contributed by atoms with van der Waals surface area (Å²) in [5.74, 6) is 2.39. The fourth-order valence-electron chi connectivity index (χ4n) is 7.49. The number of hydrogen-bond acceptors (Lipinski definition) is 3. The Morgan fingerprint density at radius 1 is 1.12 bits per heavy atom. The van der Waals surface area contributed by atoms with E-state index in [1.807, 2.05) is 0 Å². The molecule has 5 atom stereocenters. The molecule has 0 saturated heterocycles. The average Bonchev–Trinajstić information content (AvgIpc) is 3.16. The van der Waals surface area contributed by atoms with Gasteiger partial charge in [-0.2, -0.15) is 0 Å². The summed E-state index contributed by atoms with van der Waals surface area (Å²) in [6.07, 6.45) is 14.3. The number of fused-ring (bicyclic) bond motifs is 5. The number of carbonyl (C=O) groups is 2. The van der Waals surface area contributed by atoms with Crippen LogP contribution in [-0.2, 0) is 14.3 Å². The number of ketones is 1. The van der Waals surface area contributed by atoms with Crippen LogP contribution in [0.1, 0.15) is 71.1 Å². The van der Waals surface area contributed by atoms with Gasteiger partial charge in [0.15, 0.2) is 0 Å². The molecule has 3 unspecified atom stereocenters. The van der Waals surface area contributed by atoms with Gasteiger partial charge in [-0.3, -0.25) is 4.79 Å². The first-order chi connectivity index (χ1) is 12.1. The van der Waals surface area contributed by atoms with Crippen LogP contribution in [0, 0.1) is 23.2 Å². The van der Waals surface area contributed by atoms with Crippen LogP contribution in [0.25, 0.3) is 0 Å². The smallest absolute Gasteiger partial charge is 0.331 e. The zero-order chi connectivity index (χ0) is 17.2. The van der Waals surface area contributed by atoms with Crippen molar-refractivity contribution < 1.29 is 14.3 Å². The minimum Gasteiger partial charge on any atom is -0.451 e. The van der Waals surface area contributed by atoms with Gasteiger partial charge in [-0.25, -0.2) is 4.79 Å². The fourth-order valence-corrected chi connectivity index (χ4v) is 7.49. The van der Waals surface area contributed by atoms with Crippen molar-refractivity contribution in [2.75, 3.05) is 0 Å². The summed E-state index contributed by atoms with van der Waals surface area (Å²) in [5, 5.41) is 0. The number of Topliss-reactive ketones (excluding diaryl/α,β-unsaturated/α-hetero) is 1. The minimum atomic E-state index is -0.328. The van der Waals surface area contributed by atoms with Crippen LogP contribution < -0.4 is 0 Å². The number of hydrogen-bond donors (Lipinski definition) is 0. The van der Waals surface area contributed by atoms with Crippen LogP contribution in [0.2, 0.25) is 0 Å². The number of ether oxygens (including phenoxy) is 1. The molecule has 4 aliphatic carbocycles. The van der Waals surface area contributed by atoms with Crippen LogP contribution in [-0.4, -0.2) is 17.4 Å². The lowest BCUT2D eigenvalue weighted by molar-refractivity contribution is -0.162. The lowest BCUT2D eigenvalue weighted by Gasteiger charge is -2.55. The van der Waals surface area contributed by atoms with Crippen molar-refractivity contribution in [1.29, 1.82) is 0 Å². The molecular formula is C22H28O3. The van der Waals surface area contributed by atoms with E-state index >= 15 is 0 Å². The van der Waals surface area contributed by atoms with Gasteiger partial charge in [0.2, 0.25) is 0 Å². The molecule has 0 bridgehead atoms. The van der Waals surface area contributed by atoms with Crippen molar-refractivity contribution in [2.45, 2.75) is 76.7 Å². The Balaban J connectivity index is 1.50. The predicted molar refractivity (Wildman–Crippen MR) is 94.7 cm³/mol. The first kappa shape index (κ1) is 15.8. The Kier molecular flexibility index (Phi) is 3.37. The third kappa shape index (κ3) is 1.98. The molecule has 3 nitrogen and oxygen atoms in total. The Morgan fingerprint density at radius 2 is 2.00 bits per heavy atom. The van der Waals surface area contributed by atoms with E-state index in [4.69, 9.17) is 4.74 Å². The number of esters is 1. The lowest BCUT2D eigenvalue weighted by atomic mass is 9.51. The Labute approximate surface area is 149 Å². The van der Waals surface area contributed by atoms with Crippen molar-refractivity contribution in [2.24, 2.45) is 23.2 Å².